The van der Waals surface area contributed by atoms with Gasteiger partial charge in [0.2, 0.25) is 0 Å². The molecule has 2 saturated heterocycles. The highest BCUT2D eigenvalue weighted by Crippen LogP contribution is 2.36. The van der Waals surface area contributed by atoms with Gasteiger partial charge in [0.05, 0.1) is 13.2 Å². The molecule has 2 aromatic carbocycles. The lowest BCUT2D eigenvalue weighted by Crippen LogP contribution is -2.39. The predicted octanol–water partition coefficient (Wildman–Crippen LogP) is 6.17. The number of benzene rings is 2. The van der Waals surface area contributed by atoms with E-state index < -0.39 is 5.79 Å². The Bertz CT molecular complexity index is 892. The fourth-order valence-electron chi connectivity index (χ4n) is 4.86. The van der Waals surface area contributed by atoms with Crippen LogP contribution in [0.1, 0.15) is 37.7 Å². The van der Waals surface area contributed by atoms with Crippen LogP contribution in [-0.4, -0.2) is 68.9 Å². The maximum absolute atomic E-state index is 13.3. The second-order valence-electron chi connectivity index (χ2n) is 9.33. The molecule has 2 aliphatic rings. The first kappa shape index (κ1) is 31.1. The zero-order valence-corrected chi connectivity index (χ0v) is 23.3. The van der Waals surface area contributed by atoms with Crippen LogP contribution in [0.4, 0.5) is 4.39 Å². The summed E-state index contributed by atoms with van der Waals surface area (Å²) in [4.78, 5) is 4.91. The minimum atomic E-state index is -0.730. The largest absolute Gasteiger partial charge is 0.490 e. The van der Waals surface area contributed by atoms with Crippen molar-refractivity contribution in [1.29, 1.82) is 0 Å². The Kier molecular flexibility index (Phi) is 13.2. The van der Waals surface area contributed by atoms with Crippen molar-refractivity contribution in [2.75, 3.05) is 53.0 Å². The molecule has 36 heavy (non-hydrogen) atoms. The van der Waals surface area contributed by atoms with Crippen LogP contribution in [0.15, 0.2) is 48.5 Å². The van der Waals surface area contributed by atoms with Crippen LogP contribution in [0.2, 0.25) is 5.02 Å². The average molecular weight is 564 g/mol. The second-order valence-corrected chi connectivity index (χ2v) is 9.77. The fourth-order valence-corrected chi connectivity index (χ4v) is 5.04. The molecule has 5 nitrogen and oxygen atoms in total. The normalized spacial score (nSPS) is 18.0. The number of hydrogen-bond donors (Lipinski definition) is 0. The molecule has 0 radical (unpaired) electrons. The molecule has 4 rings (SSSR count). The Morgan fingerprint density at radius 3 is 2.36 bits per heavy atom. The molecule has 0 aromatic heterocycles. The molecule has 0 amide bonds. The van der Waals surface area contributed by atoms with Crippen LogP contribution in [0.3, 0.4) is 0 Å². The van der Waals surface area contributed by atoms with Crippen molar-refractivity contribution < 1.29 is 18.6 Å². The van der Waals surface area contributed by atoms with E-state index in [9.17, 15) is 4.39 Å². The first-order chi connectivity index (χ1) is 16.5. The molecule has 2 heterocycles. The van der Waals surface area contributed by atoms with E-state index in [0.29, 0.717) is 18.2 Å². The van der Waals surface area contributed by atoms with E-state index in [1.54, 1.807) is 12.1 Å². The van der Waals surface area contributed by atoms with Crippen molar-refractivity contribution in [3.8, 4) is 5.75 Å². The summed E-state index contributed by atoms with van der Waals surface area (Å²) < 4.78 is 31.4. The number of rotatable bonds is 11. The minimum Gasteiger partial charge on any atom is -0.490 e. The molecule has 0 unspecified atom stereocenters. The summed E-state index contributed by atoms with van der Waals surface area (Å²) in [5.74, 6) is -0.108. The zero-order chi connectivity index (χ0) is 23.8. The minimum absolute atomic E-state index is 0. The van der Waals surface area contributed by atoms with Crippen LogP contribution in [0, 0.1) is 5.82 Å². The van der Waals surface area contributed by atoms with Crippen molar-refractivity contribution in [3.05, 3.63) is 64.9 Å². The molecule has 2 fully saturated rings. The molecular formula is C27H38Cl3FN2O3. The lowest BCUT2D eigenvalue weighted by molar-refractivity contribution is -0.172. The highest BCUT2D eigenvalue weighted by Gasteiger charge is 2.38. The first-order valence-electron chi connectivity index (χ1n) is 12.4. The molecule has 0 saturated carbocycles. The summed E-state index contributed by atoms with van der Waals surface area (Å²) in [6.45, 7) is 6.45. The summed E-state index contributed by atoms with van der Waals surface area (Å²) in [6.07, 6.45) is 5.24. The average Bonchev–Trinajstić information content (AvgIpc) is 3.31. The monoisotopic (exact) mass is 562 g/mol. The maximum atomic E-state index is 13.3. The highest BCUT2D eigenvalue weighted by molar-refractivity contribution is 6.30. The van der Waals surface area contributed by atoms with Gasteiger partial charge in [-0.1, -0.05) is 29.8 Å². The number of hydrogen-bond acceptors (Lipinski definition) is 5. The number of piperidine rings is 1. The zero-order valence-electron chi connectivity index (χ0n) is 20.9. The van der Waals surface area contributed by atoms with E-state index in [0.717, 1.165) is 76.1 Å². The summed E-state index contributed by atoms with van der Waals surface area (Å²) in [7, 11) is 2.17. The third kappa shape index (κ3) is 9.02. The van der Waals surface area contributed by atoms with Gasteiger partial charge in [-0.15, -0.1) is 24.8 Å². The third-order valence-electron chi connectivity index (χ3n) is 6.73. The van der Waals surface area contributed by atoms with Crippen molar-refractivity contribution in [3.63, 3.8) is 0 Å². The third-order valence-corrected chi connectivity index (χ3v) is 6.97. The SMILES string of the molecule is CN(CCCN1CCC(Oc2cccc(Cl)c2)CC1)CCCC1(c2ccc(F)cc2)OCCO1.Cl.Cl. The topological polar surface area (TPSA) is 34.2 Å². The molecule has 2 aromatic rings. The molecule has 0 N–H and O–H groups in total. The summed E-state index contributed by atoms with van der Waals surface area (Å²) in [5, 5.41) is 0.716. The molecule has 9 heteroatoms. The number of nitrogens with zero attached hydrogens (tertiary/aromatic N) is 2. The van der Waals surface area contributed by atoms with Crippen LogP contribution >= 0.6 is 36.4 Å². The Labute approximate surface area is 232 Å². The second kappa shape index (κ2) is 15.3. The van der Waals surface area contributed by atoms with Gasteiger partial charge < -0.3 is 24.0 Å². The van der Waals surface area contributed by atoms with Crippen LogP contribution in [-0.2, 0) is 15.3 Å². The lowest BCUT2D eigenvalue weighted by atomic mass is 10.0. The van der Waals surface area contributed by atoms with E-state index >= 15 is 0 Å². The van der Waals surface area contributed by atoms with E-state index in [2.05, 4.69) is 16.8 Å². The van der Waals surface area contributed by atoms with Gasteiger partial charge in [0.15, 0.2) is 5.79 Å². The Hall–Kier alpha value is -1.12. The fraction of sp³-hybridized carbons (Fsp3) is 0.556. The van der Waals surface area contributed by atoms with Gasteiger partial charge >= 0.3 is 0 Å². The Morgan fingerprint density at radius 2 is 1.69 bits per heavy atom. The number of halogens is 4. The van der Waals surface area contributed by atoms with E-state index in [1.165, 1.54) is 12.1 Å². The van der Waals surface area contributed by atoms with Gasteiger partial charge in [-0.25, -0.2) is 4.39 Å². The van der Waals surface area contributed by atoms with Crippen molar-refractivity contribution >= 4 is 36.4 Å². The van der Waals surface area contributed by atoms with Crippen molar-refractivity contribution in [2.24, 2.45) is 0 Å². The molecule has 0 spiro atoms. The molecule has 0 atom stereocenters. The number of likely N-dealkylation sites (tertiary alicyclic amines) is 1. The van der Waals surface area contributed by atoms with Gasteiger partial charge in [-0.2, -0.15) is 0 Å². The summed E-state index contributed by atoms with van der Waals surface area (Å²) in [6, 6.07) is 14.1. The number of ether oxygens (including phenoxy) is 3. The molecule has 202 valence electrons. The predicted molar refractivity (Wildman–Crippen MR) is 147 cm³/mol. The quantitative estimate of drug-likeness (QED) is 0.327. The van der Waals surface area contributed by atoms with Crippen molar-refractivity contribution in [1.82, 2.24) is 9.80 Å². The molecular weight excluding hydrogens is 526 g/mol. The summed E-state index contributed by atoms with van der Waals surface area (Å²) >= 11 is 6.06. The Morgan fingerprint density at radius 1 is 1.03 bits per heavy atom. The van der Waals surface area contributed by atoms with Gasteiger partial charge in [-0.3, -0.25) is 0 Å². The smallest absolute Gasteiger partial charge is 0.195 e. The molecule has 2 aliphatic heterocycles. The lowest BCUT2D eigenvalue weighted by Gasteiger charge is -2.32. The summed E-state index contributed by atoms with van der Waals surface area (Å²) in [5.41, 5.74) is 0.900. The standard InChI is InChI=1S/C27H36ClFN2O3.2ClH/c1-30(14-3-13-27(32-19-20-33-27)22-7-9-24(29)10-8-22)15-4-16-31-17-11-25(12-18-31)34-26-6-2-5-23(28)21-26;;/h2,5-10,21,25H,3-4,11-20H2,1H3;2*1H. The Balaban J connectivity index is 0.00000228. The van der Waals surface area contributed by atoms with Crippen LogP contribution in [0.5, 0.6) is 5.75 Å². The maximum Gasteiger partial charge on any atom is 0.195 e. The van der Waals surface area contributed by atoms with Gasteiger partial charge in [0.25, 0.3) is 0 Å². The van der Waals surface area contributed by atoms with Crippen molar-refractivity contribution in [2.45, 2.75) is 44.0 Å². The van der Waals surface area contributed by atoms with Gasteiger partial charge in [0.1, 0.15) is 17.7 Å². The van der Waals surface area contributed by atoms with Crippen LogP contribution in [0.25, 0.3) is 0 Å². The molecule has 0 bridgehead atoms. The molecule has 0 aliphatic carbocycles. The van der Waals surface area contributed by atoms with E-state index in [1.807, 2.05) is 24.3 Å². The van der Waals surface area contributed by atoms with E-state index in [-0.39, 0.29) is 36.7 Å². The first-order valence-corrected chi connectivity index (χ1v) is 12.8. The van der Waals surface area contributed by atoms with Gasteiger partial charge in [-0.05, 0) is 82.7 Å². The highest BCUT2D eigenvalue weighted by atomic mass is 35.5. The van der Waals surface area contributed by atoms with Gasteiger partial charge in [0, 0.05) is 30.1 Å². The van der Waals surface area contributed by atoms with Crippen LogP contribution < -0.4 is 4.74 Å². The van der Waals surface area contributed by atoms with E-state index in [4.69, 9.17) is 25.8 Å².